The number of aliphatic imine (C=N–C) groups is 1. The molecule has 2 nitrogen and oxygen atoms in total. The molecule has 0 saturated heterocycles. The largest absolute Gasteiger partial charge is 0.455 e. The highest BCUT2D eigenvalue weighted by atomic mass is 16.3. The maximum atomic E-state index is 6.45. The van der Waals surface area contributed by atoms with Gasteiger partial charge in [0.05, 0.1) is 11.4 Å². The zero-order valence-electron chi connectivity index (χ0n) is 21.8. The highest BCUT2D eigenvalue weighted by molar-refractivity contribution is 6.30. The van der Waals surface area contributed by atoms with Crippen molar-refractivity contribution in [3.8, 4) is 0 Å². The number of hydrogen-bond donors (Lipinski definition) is 0. The van der Waals surface area contributed by atoms with Crippen LogP contribution in [0.15, 0.2) is 70.1 Å². The van der Waals surface area contributed by atoms with Crippen LogP contribution in [0.25, 0.3) is 32.7 Å². The first-order valence-corrected chi connectivity index (χ1v) is 12.6. The van der Waals surface area contributed by atoms with E-state index < -0.39 is 0 Å². The Morgan fingerprint density at radius 3 is 2.31 bits per heavy atom. The summed E-state index contributed by atoms with van der Waals surface area (Å²) in [5, 5.41) is 4.86. The lowest BCUT2D eigenvalue weighted by atomic mass is 9.82. The first-order valence-electron chi connectivity index (χ1n) is 12.6. The fourth-order valence-electron chi connectivity index (χ4n) is 5.51. The average Bonchev–Trinajstić information content (AvgIpc) is 3.30. The molecule has 0 unspecified atom stereocenters. The Bertz CT molecular complexity index is 1680. The van der Waals surface area contributed by atoms with Crippen LogP contribution in [0.4, 0.5) is 5.69 Å². The third-order valence-corrected chi connectivity index (χ3v) is 7.05. The fourth-order valence-corrected chi connectivity index (χ4v) is 5.51. The molecular formula is C33H33NO. The molecule has 4 aromatic carbocycles. The summed E-state index contributed by atoms with van der Waals surface area (Å²) in [5.74, 6) is 0. The van der Waals surface area contributed by atoms with Gasteiger partial charge in [0, 0.05) is 27.3 Å². The average molecular weight is 460 g/mol. The Hall–Kier alpha value is -3.39. The van der Waals surface area contributed by atoms with E-state index in [-0.39, 0.29) is 10.8 Å². The third kappa shape index (κ3) is 3.67. The molecule has 1 aromatic heterocycles. The van der Waals surface area contributed by atoms with Gasteiger partial charge in [-0.05, 0) is 76.6 Å². The normalized spacial score (nSPS) is 13.9. The Kier molecular flexibility index (Phi) is 4.61. The van der Waals surface area contributed by atoms with Crippen LogP contribution in [0.1, 0.15) is 69.4 Å². The Balaban J connectivity index is 1.66. The summed E-state index contributed by atoms with van der Waals surface area (Å²) in [6, 6.07) is 22.2. The number of benzene rings is 4. The number of aryl methyl sites for hydroxylation is 1. The molecule has 1 aliphatic rings. The van der Waals surface area contributed by atoms with E-state index in [1.54, 1.807) is 0 Å². The van der Waals surface area contributed by atoms with Crippen LogP contribution >= 0.6 is 0 Å². The lowest BCUT2D eigenvalue weighted by molar-refractivity contribution is 0.411. The van der Waals surface area contributed by atoms with Gasteiger partial charge in [0.1, 0.15) is 11.2 Å². The van der Waals surface area contributed by atoms with Crippen molar-refractivity contribution in [2.45, 2.75) is 60.3 Å². The predicted molar refractivity (Wildman–Crippen MR) is 150 cm³/mol. The zero-order chi connectivity index (χ0) is 24.7. The molecule has 0 radical (unpaired) electrons. The Labute approximate surface area is 207 Å². The van der Waals surface area contributed by atoms with Crippen molar-refractivity contribution in [2.24, 2.45) is 10.4 Å². The second-order valence-corrected chi connectivity index (χ2v) is 12.5. The van der Waals surface area contributed by atoms with Gasteiger partial charge < -0.3 is 4.42 Å². The summed E-state index contributed by atoms with van der Waals surface area (Å²) in [6.07, 6.45) is 1.02. The molecule has 0 amide bonds. The van der Waals surface area contributed by atoms with Gasteiger partial charge in [0.25, 0.3) is 0 Å². The summed E-state index contributed by atoms with van der Waals surface area (Å²) in [4.78, 5) is 5.30. The first kappa shape index (κ1) is 22.1. The summed E-state index contributed by atoms with van der Waals surface area (Å²) in [7, 11) is 0. The highest BCUT2D eigenvalue weighted by Gasteiger charge is 2.27. The van der Waals surface area contributed by atoms with Crippen LogP contribution in [0.5, 0.6) is 0 Å². The van der Waals surface area contributed by atoms with Gasteiger partial charge in [-0.25, -0.2) is 4.99 Å². The van der Waals surface area contributed by atoms with E-state index in [9.17, 15) is 0 Å². The predicted octanol–water partition coefficient (Wildman–Crippen LogP) is 9.42. The summed E-state index contributed by atoms with van der Waals surface area (Å²) >= 11 is 0. The highest BCUT2D eigenvalue weighted by Crippen LogP contribution is 2.43. The minimum Gasteiger partial charge on any atom is -0.455 e. The van der Waals surface area contributed by atoms with E-state index in [2.05, 4.69) is 103 Å². The van der Waals surface area contributed by atoms with E-state index in [1.807, 2.05) is 6.07 Å². The number of fused-ring (bicyclic) bond motifs is 3. The monoisotopic (exact) mass is 459 g/mol. The molecule has 0 fully saturated rings. The molecule has 2 heterocycles. The van der Waals surface area contributed by atoms with E-state index in [0.717, 1.165) is 45.3 Å². The SMILES string of the molecule is Cc1cc(C2=Nc3cc(CC(C)(C)C)cc4cc(C(C)(C)C)cc2c34)c2oc3ccccc3c2c1. The van der Waals surface area contributed by atoms with Crippen molar-refractivity contribution >= 4 is 44.1 Å². The van der Waals surface area contributed by atoms with Crippen LogP contribution in [-0.4, -0.2) is 5.71 Å². The van der Waals surface area contributed by atoms with Crippen molar-refractivity contribution < 1.29 is 4.42 Å². The molecule has 0 saturated carbocycles. The number of nitrogens with zero attached hydrogens (tertiary/aromatic N) is 1. The summed E-state index contributed by atoms with van der Waals surface area (Å²) < 4.78 is 6.45. The molecule has 5 aromatic rings. The molecule has 0 aliphatic carbocycles. The van der Waals surface area contributed by atoms with Gasteiger partial charge in [-0.15, -0.1) is 0 Å². The third-order valence-electron chi connectivity index (χ3n) is 7.05. The maximum Gasteiger partial charge on any atom is 0.144 e. The van der Waals surface area contributed by atoms with Crippen molar-refractivity contribution in [1.29, 1.82) is 0 Å². The number of furan rings is 1. The molecule has 0 bridgehead atoms. The molecule has 176 valence electrons. The molecule has 35 heavy (non-hydrogen) atoms. The number of rotatable bonds is 2. The second-order valence-electron chi connectivity index (χ2n) is 12.5. The van der Waals surface area contributed by atoms with Crippen LogP contribution in [0.3, 0.4) is 0 Å². The Morgan fingerprint density at radius 2 is 1.57 bits per heavy atom. The van der Waals surface area contributed by atoms with Crippen LogP contribution in [0, 0.1) is 12.3 Å². The zero-order valence-corrected chi connectivity index (χ0v) is 21.8. The molecule has 0 N–H and O–H groups in total. The standard InChI is InChI=1S/C33H33NO/c1-19-12-24-23-10-8-9-11-28(23)35-31(24)26(13-19)30-25-17-22(33(5,6)7)16-21-14-20(18-32(2,3)4)15-27(34-30)29(21)25/h8-17H,18H2,1-7H3. The fraction of sp³-hybridized carbons (Fsp3) is 0.303. The Morgan fingerprint density at radius 1 is 0.800 bits per heavy atom. The summed E-state index contributed by atoms with van der Waals surface area (Å²) in [5.41, 5.74) is 10.4. The van der Waals surface area contributed by atoms with Crippen LogP contribution < -0.4 is 0 Å². The smallest absolute Gasteiger partial charge is 0.144 e. The maximum absolute atomic E-state index is 6.45. The molecule has 0 spiro atoms. The van der Waals surface area contributed by atoms with Gasteiger partial charge in [-0.3, -0.25) is 0 Å². The molecule has 2 heteroatoms. The van der Waals surface area contributed by atoms with Gasteiger partial charge >= 0.3 is 0 Å². The quantitative estimate of drug-likeness (QED) is 0.253. The minimum atomic E-state index is 0.0415. The summed E-state index contributed by atoms with van der Waals surface area (Å²) in [6.45, 7) is 15.9. The number of para-hydroxylation sites is 1. The first-order chi connectivity index (χ1) is 16.5. The van der Waals surface area contributed by atoms with Gasteiger partial charge in [-0.1, -0.05) is 71.9 Å². The molecular weight excluding hydrogens is 426 g/mol. The minimum absolute atomic E-state index is 0.0415. The molecule has 0 atom stereocenters. The van der Waals surface area contributed by atoms with E-state index in [4.69, 9.17) is 9.41 Å². The van der Waals surface area contributed by atoms with Crippen molar-refractivity contribution in [1.82, 2.24) is 0 Å². The van der Waals surface area contributed by atoms with Gasteiger partial charge in [0.2, 0.25) is 0 Å². The van der Waals surface area contributed by atoms with E-state index >= 15 is 0 Å². The lowest BCUT2D eigenvalue weighted by Crippen LogP contribution is -2.13. The van der Waals surface area contributed by atoms with Crippen molar-refractivity contribution in [2.75, 3.05) is 0 Å². The van der Waals surface area contributed by atoms with Crippen molar-refractivity contribution in [3.63, 3.8) is 0 Å². The van der Waals surface area contributed by atoms with Crippen LogP contribution in [0.2, 0.25) is 0 Å². The van der Waals surface area contributed by atoms with Crippen molar-refractivity contribution in [3.05, 3.63) is 88.5 Å². The second kappa shape index (κ2) is 7.31. The van der Waals surface area contributed by atoms with Gasteiger partial charge in [0.15, 0.2) is 0 Å². The molecule has 1 aliphatic heterocycles. The topological polar surface area (TPSA) is 25.5 Å². The van der Waals surface area contributed by atoms with Crippen LogP contribution in [-0.2, 0) is 11.8 Å². The van der Waals surface area contributed by atoms with Gasteiger partial charge in [-0.2, -0.15) is 0 Å². The van der Waals surface area contributed by atoms with E-state index in [1.165, 1.54) is 33.0 Å². The lowest BCUT2D eigenvalue weighted by Gasteiger charge is -2.22. The number of hydrogen-bond acceptors (Lipinski definition) is 2. The van der Waals surface area contributed by atoms with E-state index in [0.29, 0.717) is 0 Å². The molecule has 6 rings (SSSR count).